The van der Waals surface area contributed by atoms with Gasteiger partial charge in [-0.3, -0.25) is 9.36 Å². The fourth-order valence-corrected chi connectivity index (χ4v) is 9.73. The summed E-state index contributed by atoms with van der Waals surface area (Å²) < 4.78 is 54.7. The van der Waals surface area contributed by atoms with E-state index in [0.29, 0.717) is 22.6 Å². The molecule has 1 aromatic heterocycles. The van der Waals surface area contributed by atoms with Crippen molar-refractivity contribution in [2.24, 2.45) is 0 Å². The molecule has 0 aliphatic carbocycles. The van der Waals surface area contributed by atoms with Crippen LogP contribution in [0.1, 0.15) is 73.0 Å². The van der Waals surface area contributed by atoms with Crippen LogP contribution in [0.3, 0.4) is 0 Å². The van der Waals surface area contributed by atoms with Crippen LogP contribution in [0.2, 0.25) is 0 Å². The second-order valence-electron chi connectivity index (χ2n) is 16.1. The van der Waals surface area contributed by atoms with E-state index < -0.39 is 50.3 Å². The number of aryl methyl sites for hydroxylation is 1. The molecule has 1 fully saturated rings. The van der Waals surface area contributed by atoms with Gasteiger partial charge in [0.25, 0.3) is 14.4 Å². The third-order valence-electron chi connectivity index (χ3n) is 11.1. The molecule has 1 aliphatic rings. The van der Waals surface area contributed by atoms with Crippen molar-refractivity contribution in [1.82, 2.24) is 14.2 Å². The van der Waals surface area contributed by atoms with Crippen LogP contribution in [0.25, 0.3) is 0 Å². The second kappa shape index (κ2) is 23.8. The van der Waals surface area contributed by atoms with Crippen molar-refractivity contribution in [3.63, 3.8) is 0 Å². The lowest BCUT2D eigenvalue weighted by Gasteiger charge is -2.39. The SMILES string of the molecule is COCCO[C@H]1C(OP(OCCC#N)N(C(C)C)C(C)C)[C@@H](COC(c2ccccc2)(c2ccc(OC)cc2)c2ccc(OC)cc2)O[C@H]1n1cc(C)c(NC(=O)c2ccccc2)nc1=O. The van der Waals surface area contributed by atoms with Gasteiger partial charge < -0.3 is 42.8 Å². The molecule has 0 radical (unpaired) electrons. The molecule has 2 unspecified atom stereocenters. The number of nitriles is 1. The van der Waals surface area contributed by atoms with Gasteiger partial charge in [-0.2, -0.15) is 10.2 Å². The van der Waals surface area contributed by atoms with Crippen LogP contribution in [0.5, 0.6) is 11.5 Å². The van der Waals surface area contributed by atoms with Gasteiger partial charge in [0.05, 0.1) is 53.1 Å². The van der Waals surface area contributed by atoms with Gasteiger partial charge in [-0.25, -0.2) is 9.46 Å². The van der Waals surface area contributed by atoms with E-state index in [9.17, 15) is 14.9 Å². The Morgan fingerprint density at radius 1 is 0.833 bits per heavy atom. The van der Waals surface area contributed by atoms with Crippen molar-refractivity contribution in [3.8, 4) is 17.6 Å². The topological polar surface area (TPSA) is 165 Å². The maximum absolute atomic E-state index is 14.2. The van der Waals surface area contributed by atoms with Crippen LogP contribution in [-0.4, -0.2) is 98.3 Å². The quantitative estimate of drug-likeness (QED) is 0.0378. The van der Waals surface area contributed by atoms with Gasteiger partial charge in [0, 0.05) is 36.5 Å². The second-order valence-corrected chi connectivity index (χ2v) is 17.5. The normalized spacial score (nSPS) is 17.8. The summed E-state index contributed by atoms with van der Waals surface area (Å²) in [6, 6.07) is 36.1. The Kier molecular flexibility index (Phi) is 18.0. The molecule has 0 spiro atoms. The number of aromatic nitrogens is 2. The fraction of sp³-hybridized carbons (Fsp3) is 0.400. The summed E-state index contributed by atoms with van der Waals surface area (Å²) in [5.41, 5.74) is 1.43. The molecule has 16 heteroatoms. The van der Waals surface area contributed by atoms with Crippen LogP contribution in [-0.2, 0) is 33.6 Å². The van der Waals surface area contributed by atoms with E-state index in [1.54, 1.807) is 58.7 Å². The van der Waals surface area contributed by atoms with Crippen molar-refractivity contribution in [2.75, 3.05) is 53.1 Å². The van der Waals surface area contributed by atoms with Crippen molar-refractivity contribution in [1.29, 1.82) is 5.26 Å². The predicted molar refractivity (Wildman–Crippen MR) is 252 cm³/mol. The lowest BCUT2D eigenvalue weighted by atomic mass is 9.80. The molecule has 1 amide bonds. The first-order valence-corrected chi connectivity index (χ1v) is 23.0. The van der Waals surface area contributed by atoms with Crippen LogP contribution >= 0.6 is 8.53 Å². The first-order chi connectivity index (χ1) is 31.9. The lowest BCUT2D eigenvalue weighted by Crippen LogP contribution is -2.43. The molecule has 0 saturated carbocycles. The van der Waals surface area contributed by atoms with Gasteiger partial charge >= 0.3 is 5.69 Å². The highest BCUT2D eigenvalue weighted by Gasteiger charge is 2.51. The van der Waals surface area contributed by atoms with Crippen LogP contribution < -0.4 is 20.5 Å². The smallest absolute Gasteiger partial charge is 0.351 e. The molecular formula is C50H60N5O10P. The summed E-state index contributed by atoms with van der Waals surface area (Å²) in [5.74, 6) is 1.04. The van der Waals surface area contributed by atoms with Gasteiger partial charge in [-0.05, 0) is 87.7 Å². The van der Waals surface area contributed by atoms with Crippen molar-refractivity contribution >= 4 is 20.3 Å². The number of amides is 1. The maximum Gasteiger partial charge on any atom is 0.351 e. The highest BCUT2D eigenvalue weighted by Crippen LogP contribution is 2.51. The van der Waals surface area contributed by atoms with E-state index in [-0.39, 0.29) is 50.7 Å². The van der Waals surface area contributed by atoms with E-state index in [1.165, 1.54) is 4.57 Å². The van der Waals surface area contributed by atoms with Crippen molar-refractivity contribution in [2.45, 2.75) is 83.3 Å². The lowest BCUT2D eigenvalue weighted by molar-refractivity contribution is -0.0991. The number of nitrogens with one attached hydrogen (secondary N) is 1. The zero-order valence-corrected chi connectivity index (χ0v) is 39.7. The molecular weight excluding hydrogens is 862 g/mol. The zero-order valence-electron chi connectivity index (χ0n) is 38.8. The summed E-state index contributed by atoms with van der Waals surface area (Å²) in [6.07, 6.45) is -2.14. The van der Waals surface area contributed by atoms with Crippen molar-refractivity contribution in [3.05, 3.63) is 154 Å². The average Bonchev–Trinajstić information content (AvgIpc) is 3.66. The highest BCUT2D eigenvalue weighted by atomic mass is 31.2. The van der Waals surface area contributed by atoms with Gasteiger partial charge in [0.2, 0.25) is 0 Å². The van der Waals surface area contributed by atoms with Gasteiger partial charge in [-0.1, -0.05) is 72.8 Å². The number of rotatable bonds is 23. The number of nitrogens with zero attached hydrogens (tertiary/aromatic N) is 4. The Bertz CT molecular complexity index is 2340. The summed E-state index contributed by atoms with van der Waals surface area (Å²) in [7, 11) is 2.95. The Balaban J connectivity index is 1.49. The van der Waals surface area contributed by atoms with Crippen LogP contribution in [0.4, 0.5) is 5.82 Å². The number of hydrogen-bond acceptors (Lipinski definition) is 13. The Hall–Kier alpha value is -5.53. The van der Waals surface area contributed by atoms with Gasteiger partial charge in [0.15, 0.2) is 6.23 Å². The van der Waals surface area contributed by atoms with Crippen LogP contribution in [0, 0.1) is 18.3 Å². The highest BCUT2D eigenvalue weighted by molar-refractivity contribution is 7.44. The number of hydrogen-bond donors (Lipinski definition) is 1. The van der Waals surface area contributed by atoms with E-state index in [0.717, 1.165) is 16.7 Å². The Morgan fingerprint density at radius 2 is 1.41 bits per heavy atom. The minimum absolute atomic E-state index is 0.0251. The average molecular weight is 922 g/mol. The number of carbonyl (C=O) groups excluding carboxylic acids is 1. The summed E-state index contributed by atoms with van der Waals surface area (Å²) in [4.78, 5) is 31.8. The number of methoxy groups -OCH3 is 3. The summed E-state index contributed by atoms with van der Waals surface area (Å²) in [5, 5.41) is 12.3. The number of benzene rings is 4. The minimum Gasteiger partial charge on any atom is -0.497 e. The third kappa shape index (κ3) is 11.7. The molecule has 6 rings (SSSR count). The van der Waals surface area contributed by atoms with Crippen molar-refractivity contribution < 1.29 is 42.3 Å². The maximum atomic E-state index is 14.2. The molecule has 1 N–H and O–H groups in total. The van der Waals surface area contributed by atoms with Gasteiger partial charge in [0.1, 0.15) is 41.2 Å². The number of carbonyl (C=O) groups is 1. The molecule has 4 aromatic carbocycles. The van der Waals surface area contributed by atoms with E-state index in [4.69, 9.17) is 37.5 Å². The number of anilines is 1. The van der Waals surface area contributed by atoms with E-state index >= 15 is 0 Å². The molecule has 15 nitrogen and oxygen atoms in total. The minimum atomic E-state index is -1.86. The molecule has 0 bridgehead atoms. The van der Waals surface area contributed by atoms with E-state index in [1.807, 2.05) is 84.9 Å². The molecule has 5 atom stereocenters. The standard InChI is InChI=1S/C50H60N5O10P/c1-34(2)55(35(3)4)66(63-29-15-28-51)65-44-43(33-62-50(38-18-13-10-14-19-38,39-20-24-41(59-7)25-21-39)40-22-26-42(60-8)27-23-40)64-48(45(44)61-31-30-58-6)54-32-36(5)46(53-49(54)57)52-47(56)37-16-11-9-12-17-37/h9-14,16-27,32,34-35,43-45,48H,15,29-31,33H2,1-8H3,(H,52,53,56,57)/t43-,44?,45+,48-,66?/m1/s1. The molecule has 5 aromatic rings. The predicted octanol–water partition coefficient (Wildman–Crippen LogP) is 8.42. The number of ether oxygens (including phenoxy) is 6. The largest absolute Gasteiger partial charge is 0.497 e. The molecule has 350 valence electrons. The molecule has 66 heavy (non-hydrogen) atoms. The molecule has 1 aliphatic heterocycles. The Morgan fingerprint density at radius 3 is 1.95 bits per heavy atom. The monoisotopic (exact) mass is 921 g/mol. The Labute approximate surface area is 388 Å². The van der Waals surface area contributed by atoms with Gasteiger partial charge in [-0.15, -0.1) is 0 Å². The first kappa shape index (κ1) is 49.9. The zero-order chi connectivity index (χ0) is 47.2. The summed E-state index contributed by atoms with van der Waals surface area (Å²) >= 11 is 0. The summed E-state index contributed by atoms with van der Waals surface area (Å²) in [6.45, 7) is 10.3. The third-order valence-corrected chi connectivity index (χ3v) is 13.2. The van der Waals surface area contributed by atoms with E-state index in [2.05, 4.69) is 48.7 Å². The molecule has 1 saturated heterocycles. The fourth-order valence-electron chi connectivity index (χ4n) is 7.96. The molecule has 2 heterocycles. The van der Waals surface area contributed by atoms with Crippen LogP contribution in [0.15, 0.2) is 120 Å². The first-order valence-electron chi connectivity index (χ1n) is 21.9.